The quantitative estimate of drug-likeness (QED) is 0.873. The summed E-state index contributed by atoms with van der Waals surface area (Å²) in [7, 11) is 0. The fourth-order valence-corrected chi connectivity index (χ4v) is 3.07. The summed E-state index contributed by atoms with van der Waals surface area (Å²) < 4.78 is 5.66. The van der Waals surface area contributed by atoms with Crippen LogP contribution in [0.3, 0.4) is 0 Å². The Labute approximate surface area is 147 Å². The number of amides is 2. The van der Waals surface area contributed by atoms with Crippen LogP contribution in [0.2, 0.25) is 5.02 Å². The summed E-state index contributed by atoms with van der Waals surface area (Å²) in [4.78, 5) is 25.5. The number of ether oxygens (including phenoxy) is 1. The maximum absolute atomic E-state index is 12.6. The van der Waals surface area contributed by atoms with E-state index >= 15 is 0 Å². The first-order chi connectivity index (χ1) is 11.3. The van der Waals surface area contributed by atoms with Crippen LogP contribution in [0.1, 0.15) is 27.7 Å². The molecule has 2 N–H and O–H groups in total. The summed E-state index contributed by atoms with van der Waals surface area (Å²) in [5, 5.41) is 6.23. The van der Waals surface area contributed by atoms with E-state index in [4.69, 9.17) is 16.3 Å². The third-order valence-corrected chi connectivity index (χ3v) is 4.08. The van der Waals surface area contributed by atoms with E-state index in [0.717, 1.165) is 5.69 Å². The van der Waals surface area contributed by atoms with Gasteiger partial charge in [0.25, 0.3) is 0 Å². The molecule has 24 heavy (non-hydrogen) atoms. The molecule has 0 aliphatic carbocycles. The molecule has 1 fully saturated rings. The fourth-order valence-electron chi connectivity index (χ4n) is 2.84. The topological polar surface area (TPSA) is 70.7 Å². The van der Waals surface area contributed by atoms with E-state index in [-0.39, 0.29) is 30.1 Å². The van der Waals surface area contributed by atoms with Crippen LogP contribution in [0.25, 0.3) is 0 Å². The molecule has 0 saturated carbocycles. The summed E-state index contributed by atoms with van der Waals surface area (Å²) in [5.74, 6) is -0.157. The molecule has 6 nitrogen and oxygen atoms in total. The first-order valence-electron chi connectivity index (χ1n) is 8.04. The van der Waals surface area contributed by atoms with Gasteiger partial charge in [-0.25, -0.2) is 0 Å². The van der Waals surface area contributed by atoms with Gasteiger partial charge in [-0.15, -0.1) is 0 Å². The Morgan fingerprint density at radius 2 is 1.92 bits per heavy atom. The molecule has 1 saturated heterocycles. The van der Waals surface area contributed by atoms with Crippen molar-refractivity contribution in [2.24, 2.45) is 0 Å². The summed E-state index contributed by atoms with van der Waals surface area (Å²) in [5.41, 5.74) is 1.27. The van der Waals surface area contributed by atoms with Gasteiger partial charge in [-0.1, -0.05) is 11.6 Å². The van der Waals surface area contributed by atoms with E-state index in [2.05, 4.69) is 10.6 Å². The summed E-state index contributed by atoms with van der Waals surface area (Å²) in [6, 6.07) is 4.81. The van der Waals surface area contributed by atoms with Gasteiger partial charge in [0.2, 0.25) is 11.8 Å². The molecule has 2 rings (SSSR count). The number of nitrogens with one attached hydrogen (secondary N) is 2. The van der Waals surface area contributed by atoms with Gasteiger partial charge in [-0.2, -0.15) is 0 Å². The molecule has 7 heteroatoms. The van der Waals surface area contributed by atoms with Crippen LogP contribution in [-0.2, 0) is 14.3 Å². The maximum Gasteiger partial charge on any atom is 0.244 e. The lowest BCUT2D eigenvalue weighted by Crippen LogP contribution is -2.52. The lowest BCUT2D eigenvalue weighted by atomic mass is 10.2. The van der Waals surface area contributed by atoms with Gasteiger partial charge < -0.3 is 20.3 Å². The van der Waals surface area contributed by atoms with Gasteiger partial charge in [0, 0.05) is 25.7 Å². The van der Waals surface area contributed by atoms with Gasteiger partial charge in [0.05, 0.1) is 22.9 Å². The summed E-state index contributed by atoms with van der Waals surface area (Å²) in [6.45, 7) is 8.37. The van der Waals surface area contributed by atoms with E-state index in [1.54, 1.807) is 18.2 Å². The van der Waals surface area contributed by atoms with Crippen molar-refractivity contribution in [2.45, 2.75) is 45.9 Å². The molecule has 1 aromatic rings. The Kier molecular flexibility index (Phi) is 6.07. The zero-order valence-electron chi connectivity index (χ0n) is 14.4. The molecule has 1 heterocycles. The summed E-state index contributed by atoms with van der Waals surface area (Å²) >= 11 is 6.16. The number of carbonyl (C=O) groups excluding carboxylic acids is 2. The van der Waals surface area contributed by atoms with Crippen LogP contribution in [0.15, 0.2) is 18.2 Å². The minimum atomic E-state index is -0.384. The Morgan fingerprint density at radius 3 is 2.46 bits per heavy atom. The van der Waals surface area contributed by atoms with Crippen molar-refractivity contribution in [3.63, 3.8) is 0 Å². The first-order valence-corrected chi connectivity index (χ1v) is 8.42. The highest BCUT2D eigenvalue weighted by Gasteiger charge is 2.28. The molecule has 0 bridgehead atoms. The Bertz CT molecular complexity index is 613. The lowest BCUT2D eigenvalue weighted by molar-refractivity contribution is -0.143. The molecule has 0 spiro atoms. The minimum Gasteiger partial charge on any atom is -0.374 e. The van der Waals surface area contributed by atoms with Crippen molar-refractivity contribution in [1.29, 1.82) is 0 Å². The van der Waals surface area contributed by atoms with Gasteiger partial charge in [-0.3, -0.25) is 9.59 Å². The normalized spacial score (nSPS) is 22.0. The minimum absolute atomic E-state index is 0.0269. The lowest BCUT2D eigenvalue weighted by Gasteiger charge is -2.36. The molecule has 0 radical (unpaired) electrons. The van der Waals surface area contributed by atoms with Crippen molar-refractivity contribution in [1.82, 2.24) is 4.90 Å². The Balaban J connectivity index is 2.01. The second-order valence-corrected chi connectivity index (χ2v) is 6.65. The van der Waals surface area contributed by atoms with E-state index in [0.29, 0.717) is 23.8 Å². The number of hydrogen-bond donors (Lipinski definition) is 2. The van der Waals surface area contributed by atoms with Crippen LogP contribution in [0, 0.1) is 0 Å². The van der Waals surface area contributed by atoms with E-state index in [9.17, 15) is 9.59 Å². The highest BCUT2D eigenvalue weighted by molar-refractivity contribution is 6.34. The van der Waals surface area contributed by atoms with Crippen LogP contribution >= 0.6 is 11.6 Å². The number of hydrogen-bond acceptors (Lipinski definition) is 4. The Morgan fingerprint density at radius 1 is 1.29 bits per heavy atom. The molecule has 2 amide bonds. The Hall–Kier alpha value is -1.79. The standard InChI is InChI=1S/C17H24ClN3O3/c1-10-8-21(9-11(2)24-10)17(23)12(3)19-14-5-6-16(15(18)7-14)20-13(4)22/h5-7,10-12,19H,8-9H2,1-4H3,(H,20,22)/t10-,11+,12-/m0/s1. The summed E-state index contributed by atoms with van der Waals surface area (Å²) in [6.07, 6.45) is 0.0765. The monoisotopic (exact) mass is 353 g/mol. The van der Waals surface area contributed by atoms with Crippen molar-refractivity contribution in [2.75, 3.05) is 23.7 Å². The number of benzene rings is 1. The molecule has 1 aliphatic rings. The number of anilines is 2. The predicted octanol–water partition coefficient (Wildman–Crippen LogP) is 2.73. The average molecular weight is 354 g/mol. The van der Waals surface area contributed by atoms with Crippen LogP contribution < -0.4 is 10.6 Å². The molecule has 132 valence electrons. The molecular weight excluding hydrogens is 330 g/mol. The highest BCUT2D eigenvalue weighted by atomic mass is 35.5. The smallest absolute Gasteiger partial charge is 0.244 e. The van der Waals surface area contributed by atoms with E-state index in [1.165, 1.54) is 6.92 Å². The second-order valence-electron chi connectivity index (χ2n) is 6.24. The molecule has 0 unspecified atom stereocenters. The average Bonchev–Trinajstić information content (AvgIpc) is 2.48. The fraction of sp³-hybridized carbons (Fsp3) is 0.529. The van der Waals surface area contributed by atoms with Gasteiger partial charge >= 0.3 is 0 Å². The number of nitrogens with zero attached hydrogens (tertiary/aromatic N) is 1. The largest absolute Gasteiger partial charge is 0.374 e. The van der Waals surface area contributed by atoms with Crippen molar-refractivity contribution in [3.05, 3.63) is 23.2 Å². The van der Waals surface area contributed by atoms with Gasteiger partial charge in [0.15, 0.2) is 0 Å². The second kappa shape index (κ2) is 7.85. The highest BCUT2D eigenvalue weighted by Crippen LogP contribution is 2.26. The third-order valence-electron chi connectivity index (χ3n) is 3.76. The van der Waals surface area contributed by atoms with Gasteiger partial charge in [0.1, 0.15) is 6.04 Å². The molecule has 1 aromatic carbocycles. The molecule has 3 atom stereocenters. The van der Waals surface area contributed by atoms with E-state index in [1.807, 2.05) is 25.7 Å². The van der Waals surface area contributed by atoms with Crippen LogP contribution in [-0.4, -0.2) is 48.1 Å². The SMILES string of the molecule is CC(=O)Nc1ccc(N[C@@H](C)C(=O)N2C[C@@H](C)O[C@@H](C)C2)cc1Cl. The predicted molar refractivity (Wildman–Crippen MR) is 95.4 cm³/mol. The van der Waals surface area contributed by atoms with Crippen molar-refractivity contribution in [3.8, 4) is 0 Å². The van der Waals surface area contributed by atoms with Crippen LogP contribution in [0.4, 0.5) is 11.4 Å². The number of carbonyl (C=O) groups is 2. The third kappa shape index (κ3) is 4.85. The first kappa shape index (κ1) is 18.5. The van der Waals surface area contributed by atoms with Crippen molar-refractivity contribution < 1.29 is 14.3 Å². The number of halogens is 1. The zero-order chi connectivity index (χ0) is 17.9. The number of rotatable bonds is 4. The van der Waals surface area contributed by atoms with Gasteiger partial charge in [-0.05, 0) is 39.0 Å². The molecule has 1 aliphatic heterocycles. The molecule has 0 aromatic heterocycles. The van der Waals surface area contributed by atoms with Crippen molar-refractivity contribution >= 4 is 34.8 Å². The zero-order valence-corrected chi connectivity index (χ0v) is 15.2. The number of morpholine rings is 1. The van der Waals surface area contributed by atoms with E-state index < -0.39 is 0 Å². The maximum atomic E-state index is 12.6. The molecular formula is C17H24ClN3O3. The van der Waals surface area contributed by atoms with Crippen LogP contribution in [0.5, 0.6) is 0 Å².